The number of halogens is 1. The fraction of sp³-hybridized carbons (Fsp3) is 0.200. The number of hydrogen-bond donors (Lipinski definition) is 1. The molecular weight excluding hydrogens is 248 g/mol. The summed E-state index contributed by atoms with van der Waals surface area (Å²) in [5.74, 6) is 0.808. The fourth-order valence-corrected chi connectivity index (χ4v) is 1.73. The molecule has 2 rings (SSSR count). The molecule has 0 aliphatic carbocycles. The molecule has 2 nitrogen and oxygen atoms in total. The summed E-state index contributed by atoms with van der Waals surface area (Å²) in [5.41, 5.74) is 2.98. The first-order valence-corrected chi connectivity index (χ1v) is 6.14. The van der Waals surface area contributed by atoms with Gasteiger partial charge in [0, 0.05) is 5.02 Å². The lowest BCUT2D eigenvalue weighted by atomic mass is 10.1. The highest BCUT2D eigenvalue weighted by Gasteiger charge is 2.00. The molecule has 2 aromatic rings. The van der Waals surface area contributed by atoms with Crippen molar-refractivity contribution in [1.29, 1.82) is 0 Å². The molecule has 0 aliphatic rings. The number of rotatable bonds is 4. The van der Waals surface area contributed by atoms with Gasteiger partial charge in [-0.05, 0) is 41.8 Å². The minimum absolute atomic E-state index is 0.0670. The van der Waals surface area contributed by atoms with E-state index in [1.165, 1.54) is 0 Å². The van der Waals surface area contributed by atoms with Gasteiger partial charge in [-0.1, -0.05) is 35.9 Å². The molecule has 3 heteroatoms. The van der Waals surface area contributed by atoms with Gasteiger partial charge >= 0.3 is 0 Å². The van der Waals surface area contributed by atoms with Crippen LogP contribution >= 0.6 is 11.6 Å². The second-order valence-electron chi connectivity index (χ2n) is 4.17. The van der Waals surface area contributed by atoms with Gasteiger partial charge in [0.25, 0.3) is 0 Å². The van der Waals surface area contributed by atoms with Crippen LogP contribution in [-0.2, 0) is 13.2 Å². The van der Waals surface area contributed by atoms with Gasteiger partial charge in [0.05, 0.1) is 6.61 Å². The zero-order valence-electron chi connectivity index (χ0n) is 10.2. The first-order chi connectivity index (χ1) is 8.69. The van der Waals surface area contributed by atoms with E-state index in [4.69, 9.17) is 21.4 Å². The van der Waals surface area contributed by atoms with Gasteiger partial charge in [-0.3, -0.25) is 0 Å². The molecule has 0 aliphatic heterocycles. The summed E-state index contributed by atoms with van der Waals surface area (Å²) < 4.78 is 5.68. The summed E-state index contributed by atoms with van der Waals surface area (Å²) in [6.45, 7) is 2.52. The molecule has 18 heavy (non-hydrogen) atoms. The molecular formula is C15H15ClO2. The van der Waals surface area contributed by atoms with Crippen molar-refractivity contribution in [1.82, 2.24) is 0 Å². The Balaban J connectivity index is 1.99. The minimum Gasteiger partial charge on any atom is -0.489 e. The van der Waals surface area contributed by atoms with Crippen LogP contribution in [0.5, 0.6) is 5.75 Å². The lowest BCUT2D eigenvalue weighted by molar-refractivity contribution is 0.281. The Bertz CT molecular complexity index is 521. The average Bonchev–Trinajstić information content (AvgIpc) is 2.41. The summed E-state index contributed by atoms with van der Waals surface area (Å²) in [6, 6.07) is 13.3. The Kier molecular flexibility index (Phi) is 4.24. The van der Waals surface area contributed by atoms with Gasteiger partial charge in [0.1, 0.15) is 12.4 Å². The highest BCUT2D eigenvalue weighted by molar-refractivity contribution is 6.31. The lowest BCUT2D eigenvalue weighted by Crippen LogP contribution is -1.96. The van der Waals surface area contributed by atoms with Gasteiger partial charge in [0.15, 0.2) is 0 Å². The first-order valence-electron chi connectivity index (χ1n) is 5.76. The molecule has 0 amide bonds. The summed E-state index contributed by atoms with van der Waals surface area (Å²) in [7, 11) is 0. The maximum absolute atomic E-state index is 8.95. The Morgan fingerprint density at radius 3 is 2.33 bits per heavy atom. The monoisotopic (exact) mass is 262 g/mol. The predicted octanol–water partition coefficient (Wildman–Crippen LogP) is 3.72. The van der Waals surface area contributed by atoms with Crippen LogP contribution < -0.4 is 4.74 Å². The molecule has 0 aromatic heterocycles. The van der Waals surface area contributed by atoms with Gasteiger partial charge < -0.3 is 9.84 Å². The third-order valence-corrected chi connectivity index (χ3v) is 3.16. The molecule has 1 N–H and O–H groups in total. The van der Waals surface area contributed by atoms with Crippen molar-refractivity contribution in [2.45, 2.75) is 20.1 Å². The van der Waals surface area contributed by atoms with Crippen LogP contribution in [0, 0.1) is 6.92 Å². The molecule has 0 unspecified atom stereocenters. The highest BCUT2D eigenvalue weighted by Crippen LogP contribution is 2.21. The van der Waals surface area contributed by atoms with Crippen LogP contribution in [-0.4, -0.2) is 5.11 Å². The molecule has 0 atom stereocenters. The molecule has 2 aromatic carbocycles. The summed E-state index contributed by atoms with van der Waals surface area (Å²) in [5, 5.41) is 9.69. The Labute approximate surface area is 112 Å². The van der Waals surface area contributed by atoms with Crippen molar-refractivity contribution in [2.24, 2.45) is 0 Å². The zero-order valence-corrected chi connectivity index (χ0v) is 10.9. The van der Waals surface area contributed by atoms with Crippen LogP contribution in [0.25, 0.3) is 0 Å². The van der Waals surface area contributed by atoms with E-state index in [0.29, 0.717) is 6.61 Å². The number of aryl methyl sites for hydroxylation is 1. The van der Waals surface area contributed by atoms with Crippen LogP contribution in [0.2, 0.25) is 5.02 Å². The summed E-state index contributed by atoms with van der Waals surface area (Å²) >= 11 is 5.95. The van der Waals surface area contributed by atoms with E-state index in [-0.39, 0.29) is 6.61 Å². The van der Waals surface area contributed by atoms with Crippen LogP contribution in [0.4, 0.5) is 0 Å². The molecule has 0 spiro atoms. The minimum atomic E-state index is 0.0670. The Morgan fingerprint density at radius 2 is 1.72 bits per heavy atom. The van der Waals surface area contributed by atoms with E-state index < -0.39 is 0 Å². The molecule has 94 valence electrons. The summed E-state index contributed by atoms with van der Waals surface area (Å²) in [6.07, 6.45) is 0. The largest absolute Gasteiger partial charge is 0.489 e. The lowest BCUT2D eigenvalue weighted by Gasteiger charge is -2.08. The molecule has 0 radical (unpaired) electrons. The Hall–Kier alpha value is -1.51. The van der Waals surface area contributed by atoms with Crippen molar-refractivity contribution < 1.29 is 9.84 Å². The maximum atomic E-state index is 8.95. The molecule has 0 fully saturated rings. The van der Waals surface area contributed by atoms with Crippen molar-refractivity contribution in [3.63, 3.8) is 0 Å². The topological polar surface area (TPSA) is 29.5 Å². The standard InChI is InChI=1S/C15H15ClO2/c1-11-8-14(6-7-15(11)16)18-10-13-4-2-12(9-17)3-5-13/h2-8,17H,9-10H2,1H3. The van der Waals surface area contributed by atoms with Gasteiger partial charge in [0.2, 0.25) is 0 Å². The van der Waals surface area contributed by atoms with Crippen molar-refractivity contribution >= 4 is 11.6 Å². The third-order valence-electron chi connectivity index (χ3n) is 2.74. The SMILES string of the molecule is Cc1cc(OCc2ccc(CO)cc2)ccc1Cl. The fourth-order valence-electron chi connectivity index (χ4n) is 1.61. The van der Waals surface area contributed by atoms with Crippen molar-refractivity contribution in [3.05, 3.63) is 64.2 Å². The van der Waals surface area contributed by atoms with Crippen LogP contribution in [0.1, 0.15) is 16.7 Å². The number of aliphatic hydroxyl groups excluding tert-OH is 1. The molecule has 0 heterocycles. The van der Waals surface area contributed by atoms with Gasteiger partial charge in [-0.2, -0.15) is 0 Å². The predicted molar refractivity (Wildman–Crippen MR) is 72.9 cm³/mol. The quantitative estimate of drug-likeness (QED) is 0.910. The Morgan fingerprint density at radius 1 is 1.06 bits per heavy atom. The normalized spacial score (nSPS) is 10.4. The molecule has 0 saturated heterocycles. The zero-order chi connectivity index (χ0) is 13.0. The first kappa shape index (κ1) is 12.9. The second-order valence-corrected chi connectivity index (χ2v) is 4.58. The van der Waals surface area contributed by atoms with E-state index in [9.17, 15) is 0 Å². The molecule has 0 saturated carbocycles. The van der Waals surface area contributed by atoms with E-state index in [0.717, 1.165) is 27.5 Å². The van der Waals surface area contributed by atoms with Crippen molar-refractivity contribution in [3.8, 4) is 5.75 Å². The van der Waals surface area contributed by atoms with E-state index in [1.807, 2.05) is 49.4 Å². The number of benzene rings is 2. The van der Waals surface area contributed by atoms with E-state index in [2.05, 4.69) is 0 Å². The van der Waals surface area contributed by atoms with E-state index in [1.54, 1.807) is 0 Å². The highest BCUT2D eigenvalue weighted by atomic mass is 35.5. The van der Waals surface area contributed by atoms with E-state index >= 15 is 0 Å². The van der Waals surface area contributed by atoms with Crippen molar-refractivity contribution in [2.75, 3.05) is 0 Å². The summed E-state index contributed by atoms with van der Waals surface area (Å²) in [4.78, 5) is 0. The smallest absolute Gasteiger partial charge is 0.120 e. The van der Waals surface area contributed by atoms with Gasteiger partial charge in [-0.25, -0.2) is 0 Å². The van der Waals surface area contributed by atoms with Gasteiger partial charge in [-0.15, -0.1) is 0 Å². The maximum Gasteiger partial charge on any atom is 0.120 e. The number of hydrogen-bond acceptors (Lipinski definition) is 2. The van der Waals surface area contributed by atoms with Crippen LogP contribution in [0.15, 0.2) is 42.5 Å². The third kappa shape index (κ3) is 3.25. The second kappa shape index (κ2) is 5.89. The number of aliphatic hydroxyl groups is 1. The average molecular weight is 263 g/mol. The number of ether oxygens (including phenoxy) is 1. The van der Waals surface area contributed by atoms with Crippen LogP contribution in [0.3, 0.4) is 0 Å². The molecule has 0 bridgehead atoms.